The number of rotatable bonds is 13. The van der Waals surface area contributed by atoms with Crippen LogP contribution in [0.2, 0.25) is 0 Å². The summed E-state index contributed by atoms with van der Waals surface area (Å²) >= 11 is 1.32. The third kappa shape index (κ3) is 11.1. The normalized spacial score (nSPS) is 12.3. The smallest absolute Gasteiger partial charge is 0.406 e. The minimum atomic E-state index is -4.82. The molecule has 0 bridgehead atoms. The van der Waals surface area contributed by atoms with E-state index in [1.165, 1.54) is 29.5 Å². The molecule has 15 heteroatoms. The summed E-state index contributed by atoms with van der Waals surface area (Å²) in [7, 11) is 1.78. The second-order valence-electron chi connectivity index (χ2n) is 8.74. The van der Waals surface area contributed by atoms with Crippen LogP contribution in [0.4, 0.5) is 18.3 Å². The summed E-state index contributed by atoms with van der Waals surface area (Å²) in [4.78, 5) is 24.3. The van der Waals surface area contributed by atoms with Gasteiger partial charge in [0.1, 0.15) is 16.6 Å². The molecule has 40 heavy (non-hydrogen) atoms. The van der Waals surface area contributed by atoms with Crippen LogP contribution in [-0.4, -0.2) is 38.2 Å². The highest BCUT2D eigenvalue weighted by Gasteiger charge is 2.31. The number of hydrogen-bond donors (Lipinski definition) is 4. The molecule has 2 amide bonds. The van der Waals surface area contributed by atoms with Crippen molar-refractivity contribution in [1.82, 2.24) is 25.3 Å². The monoisotopic (exact) mass is 578 g/mol. The quantitative estimate of drug-likeness (QED) is 0.178. The summed E-state index contributed by atoms with van der Waals surface area (Å²) in [6.45, 7) is 0. The van der Waals surface area contributed by atoms with Crippen LogP contribution in [0.25, 0.3) is 0 Å². The summed E-state index contributed by atoms with van der Waals surface area (Å²) in [5, 5.41) is 18.6. The highest BCUT2D eigenvalue weighted by atomic mass is 32.1. The van der Waals surface area contributed by atoms with Crippen LogP contribution < -0.4 is 26.8 Å². The van der Waals surface area contributed by atoms with Crippen molar-refractivity contribution in [2.75, 3.05) is 5.32 Å². The van der Waals surface area contributed by atoms with Crippen LogP contribution in [0.1, 0.15) is 35.4 Å². The largest absolute Gasteiger partial charge is 0.573 e. The number of amides is 2. The first-order valence-corrected chi connectivity index (χ1v) is 12.9. The number of nitrogens with zero attached hydrogens (tertiary/aromatic N) is 4. The molecule has 6 N–H and O–H groups in total. The van der Waals surface area contributed by atoms with Gasteiger partial charge in [0.05, 0.1) is 19.0 Å². The molecular weight excluding hydrogens is 549 g/mol. The summed E-state index contributed by atoms with van der Waals surface area (Å²) < 4.78 is 42.6. The standard InChI is InChI=1S/C25H29F3N8O3S/c1-36-15-17(14-31-36)13-22(38)33-24-35-34-23(40-24)8-3-2-6-18(29)9-10-20(30)32-21(37)12-16-5-4-7-19(11-16)39-25(26,27)28/h4-5,7,9-11,14-15H,2-3,6,8,12-13,29-30H2,1H3,(H,32,37)(H,33,35,38)/b18-9-,20-10+. The molecular formula is C25H29F3N8O3S. The average Bonchev–Trinajstić information content (AvgIpc) is 3.47. The lowest BCUT2D eigenvalue weighted by Gasteiger charge is -2.10. The zero-order valence-electron chi connectivity index (χ0n) is 21.6. The fraction of sp³-hybridized carbons (Fsp3) is 0.320. The lowest BCUT2D eigenvalue weighted by atomic mass is 10.1. The number of alkyl halides is 3. The molecule has 214 valence electrons. The van der Waals surface area contributed by atoms with Gasteiger partial charge in [0.25, 0.3) is 0 Å². The molecule has 2 heterocycles. The van der Waals surface area contributed by atoms with Gasteiger partial charge in [-0.05, 0) is 54.7 Å². The van der Waals surface area contributed by atoms with Crippen LogP contribution in [-0.2, 0) is 35.9 Å². The molecule has 0 aliphatic heterocycles. The zero-order chi connectivity index (χ0) is 29.1. The van der Waals surface area contributed by atoms with Crippen molar-refractivity contribution < 1.29 is 27.5 Å². The maximum atomic E-state index is 12.4. The molecule has 0 aliphatic rings. The predicted molar refractivity (Wildman–Crippen MR) is 143 cm³/mol. The van der Waals surface area contributed by atoms with Gasteiger partial charge in [-0.3, -0.25) is 14.3 Å². The Bertz CT molecular complexity index is 1370. The first-order valence-electron chi connectivity index (χ1n) is 12.1. The molecule has 0 saturated carbocycles. The zero-order valence-corrected chi connectivity index (χ0v) is 22.4. The highest BCUT2D eigenvalue weighted by Crippen LogP contribution is 2.23. The number of aromatic nitrogens is 4. The Balaban J connectivity index is 1.35. The summed E-state index contributed by atoms with van der Waals surface area (Å²) in [5.41, 5.74) is 13.5. The van der Waals surface area contributed by atoms with Crippen molar-refractivity contribution in [1.29, 1.82) is 0 Å². The van der Waals surface area contributed by atoms with E-state index in [1.807, 2.05) is 0 Å². The summed E-state index contributed by atoms with van der Waals surface area (Å²) in [6.07, 6.45) is 4.43. The molecule has 0 fully saturated rings. The van der Waals surface area contributed by atoms with Crippen LogP contribution in [0.5, 0.6) is 5.75 Å². The number of benzene rings is 1. The predicted octanol–water partition coefficient (Wildman–Crippen LogP) is 3.07. The van der Waals surface area contributed by atoms with E-state index in [-0.39, 0.29) is 24.6 Å². The molecule has 11 nitrogen and oxygen atoms in total. The van der Waals surface area contributed by atoms with E-state index in [2.05, 4.69) is 30.7 Å². The van der Waals surface area contributed by atoms with Gasteiger partial charge in [-0.15, -0.1) is 23.4 Å². The van der Waals surface area contributed by atoms with Crippen molar-refractivity contribution in [2.45, 2.75) is 44.9 Å². The SMILES string of the molecule is Cn1cc(CC(=O)Nc2nnc(CCCC/C(N)=C/C=C(\N)NC(=O)Cc3cccc(OC(F)(F)F)c3)s2)cn1. The van der Waals surface area contributed by atoms with E-state index in [0.29, 0.717) is 29.2 Å². The van der Waals surface area contributed by atoms with Gasteiger partial charge in [0.2, 0.25) is 16.9 Å². The Morgan fingerprint density at radius 3 is 2.60 bits per heavy atom. The van der Waals surface area contributed by atoms with E-state index in [4.69, 9.17) is 11.5 Å². The third-order valence-electron chi connectivity index (χ3n) is 5.20. The number of allylic oxidation sites excluding steroid dienone is 3. The van der Waals surface area contributed by atoms with Gasteiger partial charge < -0.3 is 26.8 Å². The summed E-state index contributed by atoms with van der Waals surface area (Å²) in [6, 6.07) is 5.14. The number of carbonyl (C=O) groups is 2. The number of unbranched alkanes of at least 4 members (excludes halogenated alkanes) is 1. The van der Waals surface area contributed by atoms with Gasteiger partial charge >= 0.3 is 6.36 Å². The molecule has 0 saturated heterocycles. The van der Waals surface area contributed by atoms with Crippen LogP contribution in [0.15, 0.2) is 60.3 Å². The molecule has 0 atom stereocenters. The van der Waals surface area contributed by atoms with Gasteiger partial charge in [-0.25, -0.2) is 0 Å². The Morgan fingerprint density at radius 2 is 1.88 bits per heavy atom. The van der Waals surface area contributed by atoms with Crippen LogP contribution in [0, 0.1) is 0 Å². The number of ether oxygens (including phenoxy) is 1. The Kier molecular flexibility index (Phi) is 10.6. The molecule has 3 rings (SSSR count). The second kappa shape index (κ2) is 14.1. The lowest BCUT2D eigenvalue weighted by molar-refractivity contribution is -0.274. The van der Waals surface area contributed by atoms with Crippen LogP contribution in [0.3, 0.4) is 0 Å². The molecule has 0 radical (unpaired) electrons. The number of carbonyl (C=O) groups excluding carboxylic acids is 2. The molecule has 1 aromatic carbocycles. The van der Waals surface area contributed by atoms with Gasteiger partial charge in [0, 0.05) is 25.4 Å². The Morgan fingerprint density at radius 1 is 1.10 bits per heavy atom. The van der Waals surface area contributed by atoms with Gasteiger partial charge in [-0.1, -0.05) is 23.5 Å². The fourth-order valence-electron chi connectivity index (χ4n) is 3.49. The number of aryl methyl sites for hydroxylation is 2. The van der Waals surface area contributed by atoms with E-state index in [0.717, 1.165) is 35.5 Å². The highest BCUT2D eigenvalue weighted by molar-refractivity contribution is 7.15. The minimum absolute atomic E-state index is 0.0441. The fourth-order valence-corrected chi connectivity index (χ4v) is 4.29. The number of halogens is 3. The minimum Gasteiger partial charge on any atom is -0.406 e. The first-order chi connectivity index (χ1) is 18.9. The average molecular weight is 579 g/mol. The van der Waals surface area contributed by atoms with E-state index in [9.17, 15) is 22.8 Å². The number of nitrogens with two attached hydrogens (primary N) is 2. The molecule has 0 aliphatic carbocycles. The van der Waals surface area contributed by atoms with E-state index in [1.54, 1.807) is 30.2 Å². The maximum Gasteiger partial charge on any atom is 0.573 e. The topological polar surface area (TPSA) is 163 Å². The molecule has 3 aromatic rings. The van der Waals surface area contributed by atoms with E-state index < -0.39 is 18.0 Å². The van der Waals surface area contributed by atoms with Crippen LogP contribution >= 0.6 is 11.3 Å². The Hall–Kier alpha value is -4.40. The van der Waals surface area contributed by atoms with Crippen molar-refractivity contribution in [3.8, 4) is 5.75 Å². The molecule has 0 spiro atoms. The van der Waals surface area contributed by atoms with Crippen molar-refractivity contribution in [2.24, 2.45) is 18.5 Å². The lowest BCUT2D eigenvalue weighted by Crippen LogP contribution is -2.28. The first kappa shape index (κ1) is 30.1. The third-order valence-corrected chi connectivity index (χ3v) is 6.10. The van der Waals surface area contributed by atoms with Crippen molar-refractivity contribution in [3.05, 3.63) is 76.5 Å². The Labute approximate surface area is 232 Å². The van der Waals surface area contributed by atoms with Gasteiger partial charge in [-0.2, -0.15) is 5.10 Å². The second-order valence-corrected chi connectivity index (χ2v) is 9.80. The maximum absolute atomic E-state index is 12.4. The van der Waals surface area contributed by atoms with Crippen molar-refractivity contribution >= 4 is 28.3 Å². The molecule has 0 unspecified atom stereocenters. The number of hydrogen-bond acceptors (Lipinski definition) is 9. The number of nitrogens with one attached hydrogen (secondary N) is 2. The molecule has 2 aromatic heterocycles. The van der Waals surface area contributed by atoms with Gasteiger partial charge in [0.15, 0.2) is 0 Å². The van der Waals surface area contributed by atoms with Crippen molar-refractivity contribution in [3.63, 3.8) is 0 Å². The summed E-state index contributed by atoms with van der Waals surface area (Å²) in [5.74, 6) is -1.06. The number of anilines is 1. The van der Waals surface area contributed by atoms with E-state index >= 15 is 0 Å².